The van der Waals surface area contributed by atoms with E-state index in [1.54, 1.807) is 0 Å². The number of likely N-dealkylation sites (N-methyl/N-ethyl adjacent to an activating group) is 1. The fraction of sp³-hybridized carbons (Fsp3) is 0.938. The molecule has 2 rings (SSSR count). The summed E-state index contributed by atoms with van der Waals surface area (Å²) >= 11 is 0. The first-order valence-corrected chi connectivity index (χ1v) is 8.40. The molecule has 1 heterocycles. The molecule has 0 radical (unpaired) electrons. The van der Waals surface area contributed by atoms with Crippen molar-refractivity contribution in [3.63, 3.8) is 0 Å². The lowest BCUT2D eigenvalue weighted by Crippen LogP contribution is -2.61. The first-order valence-electron chi connectivity index (χ1n) is 8.40. The van der Waals surface area contributed by atoms with E-state index in [0.29, 0.717) is 6.04 Å². The molecule has 3 N–H and O–H groups in total. The number of rotatable bonds is 5. The minimum absolute atomic E-state index is 0.160. The Morgan fingerprint density at radius 3 is 2.55 bits per heavy atom. The van der Waals surface area contributed by atoms with Crippen LogP contribution in [0.15, 0.2) is 0 Å². The van der Waals surface area contributed by atoms with Gasteiger partial charge in [0.2, 0.25) is 5.91 Å². The van der Waals surface area contributed by atoms with Gasteiger partial charge in [-0.1, -0.05) is 20.3 Å². The van der Waals surface area contributed by atoms with Gasteiger partial charge in [0.15, 0.2) is 0 Å². The molecular weight excluding hydrogens is 250 g/mol. The van der Waals surface area contributed by atoms with Gasteiger partial charge in [-0.3, -0.25) is 4.79 Å². The number of hydrogen-bond acceptors (Lipinski definition) is 3. The van der Waals surface area contributed by atoms with Gasteiger partial charge in [-0.05, 0) is 64.1 Å². The van der Waals surface area contributed by atoms with Gasteiger partial charge in [-0.25, -0.2) is 0 Å². The molecule has 20 heavy (non-hydrogen) atoms. The molecule has 1 amide bonds. The van der Waals surface area contributed by atoms with Crippen molar-refractivity contribution in [3.8, 4) is 0 Å². The highest BCUT2D eigenvalue weighted by atomic mass is 16.1. The first kappa shape index (κ1) is 15.8. The maximum absolute atomic E-state index is 11.9. The summed E-state index contributed by atoms with van der Waals surface area (Å²) in [4.78, 5) is 14.5. The molecule has 2 atom stereocenters. The van der Waals surface area contributed by atoms with Crippen LogP contribution in [0.3, 0.4) is 0 Å². The Morgan fingerprint density at radius 2 is 2.00 bits per heavy atom. The van der Waals surface area contributed by atoms with Crippen molar-refractivity contribution in [2.75, 3.05) is 19.6 Å². The van der Waals surface area contributed by atoms with Gasteiger partial charge in [-0.2, -0.15) is 0 Å². The van der Waals surface area contributed by atoms with E-state index in [-0.39, 0.29) is 5.91 Å². The van der Waals surface area contributed by atoms with E-state index in [2.05, 4.69) is 24.1 Å². The van der Waals surface area contributed by atoms with E-state index in [4.69, 9.17) is 5.73 Å². The van der Waals surface area contributed by atoms with E-state index in [9.17, 15) is 4.79 Å². The van der Waals surface area contributed by atoms with Gasteiger partial charge in [0, 0.05) is 6.04 Å². The van der Waals surface area contributed by atoms with Crippen molar-refractivity contribution < 1.29 is 4.79 Å². The summed E-state index contributed by atoms with van der Waals surface area (Å²) < 4.78 is 0. The lowest BCUT2D eigenvalue weighted by atomic mass is 9.77. The fourth-order valence-corrected chi connectivity index (χ4v) is 4.09. The van der Waals surface area contributed by atoms with Crippen molar-refractivity contribution in [1.29, 1.82) is 0 Å². The highest BCUT2D eigenvalue weighted by Crippen LogP contribution is 2.33. The van der Waals surface area contributed by atoms with Gasteiger partial charge < -0.3 is 16.0 Å². The quantitative estimate of drug-likeness (QED) is 0.809. The number of carbonyl (C=O) groups is 1. The zero-order valence-corrected chi connectivity index (χ0v) is 13.2. The molecule has 116 valence electrons. The van der Waals surface area contributed by atoms with Crippen molar-refractivity contribution in [3.05, 3.63) is 0 Å². The number of piperidine rings is 1. The maximum atomic E-state index is 11.9. The smallest absolute Gasteiger partial charge is 0.237 e. The van der Waals surface area contributed by atoms with E-state index < -0.39 is 5.54 Å². The molecule has 1 saturated heterocycles. The highest BCUT2D eigenvalue weighted by molar-refractivity contribution is 5.84. The number of nitrogens with one attached hydrogen (secondary N) is 1. The number of carbonyl (C=O) groups excluding carboxylic acids is 1. The topological polar surface area (TPSA) is 58.4 Å². The third kappa shape index (κ3) is 3.34. The fourth-order valence-electron chi connectivity index (χ4n) is 4.09. The molecule has 0 bridgehead atoms. The van der Waals surface area contributed by atoms with Crippen LogP contribution in [0, 0.1) is 5.92 Å². The number of hydrogen-bond donors (Lipinski definition) is 2. The molecule has 2 unspecified atom stereocenters. The average molecular weight is 281 g/mol. The Hall–Kier alpha value is -0.610. The third-order valence-corrected chi connectivity index (χ3v) is 5.45. The molecule has 1 aliphatic heterocycles. The van der Waals surface area contributed by atoms with Crippen LogP contribution in [-0.4, -0.2) is 42.0 Å². The lowest BCUT2D eigenvalue weighted by molar-refractivity contribution is -0.126. The maximum Gasteiger partial charge on any atom is 0.237 e. The van der Waals surface area contributed by atoms with Crippen molar-refractivity contribution >= 4 is 5.91 Å². The highest BCUT2D eigenvalue weighted by Gasteiger charge is 2.42. The van der Waals surface area contributed by atoms with Crippen molar-refractivity contribution in [2.24, 2.45) is 11.7 Å². The van der Waals surface area contributed by atoms with Crippen LogP contribution >= 0.6 is 0 Å². The molecule has 4 nitrogen and oxygen atoms in total. The van der Waals surface area contributed by atoms with E-state index in [0.717, 1.165) is 31.7 Å². The van der Waals surface area contributed by atoms with Crippen LogP contribution < -0.4 is 11.1 Å². The monoisotopic (exact) mass is 281 g/mol. The minimum Gasteiger partial charge on any atom is -0.368 e. The second-order valence-corrected chi connectivity index (χ2v) is 6.61. The number of amides is 1. The summed E-state index contributed by atoms with van der Waals surface area (Å²) in [5, 5.41) is 3.39. The molecule has 1 saturated carbocycles. The summed E-state index contributed by atoms with van der Waals surface area (Å²) in [5.74, 6) is 0.747. The normalized spacial score (nSPS) is 33.2. The predicted octanol–water partition coefficient (Wildman–Crippen LogP) is 1.88. The molecule has 2 fully saturated rings. The zero-order chi connectivity index (χ0) is 14.6. The van der Waals surface area contributed by atoms with Crippen LogP contribution in [0.25, 0.3) is 0 Å². The van der Waals surface area contributed by atoms with Crippen molar-refractivity contribution in [1.82, 2.24) is 10.2 Å². The molecule has 0 aromatic carbocycles. The Morgan fingerprint density at radius 1 is 1.30 bits per heavy atom. The van der Waals surface area contributed by atoms with Crippen LogP contribution in [0.5, 0.6) is 0 Å². The number of nitrogens with zero attached hydrogens (tertiary/aromatic N) is 1. The summed E-state index contributed by atoms with van der Waals surface area (Å²) in [5.41, 5.74) is 5.24. The molecule has 0 aromatic heterocycles. The van der Waals surface area contributed by atoms with Crippen molar-refractivity contribution in [2.45, 2.75) is 70.4 Å². The van der Waals surface area contributed by atoms with E-state index in [1.807, 2.05) is 0 Å². The number of primary amides is 1. The predicted molar refractivity (Wildman–Crippen MR) is 82.4 cm³/mol. The second-order valence-electron chi connectivity index (χ2n) is 6.61. The number of nitrogens with two attached hydrogens (primary N) is 1. The Balaban J connectivity index is 1.97. The third-order valence-electron chi connectivity index (χ3n) is 5.45. The van der Waals surface area contributed by atoms with Gasteiger partial charge in [0.1, 0.15) is 0 Å². The van der Waals surface area contributed by atoms with E-state index in [1.165, 1.54) is 38.8 Å². The molecular formula is C16H31N3O. The Bertz CT molecular complexity index is 322. The molecule has 2 aliphatic rings. The van der Waals surface area contributed by atoms with Crippen LogP contribution in [0.4, 0.5) is 0 Å². The lowest BCUT2D eigenvalue weighted by Gasteiger charge is -2.45. The number of likely N-dealkylation sites (tertiary alicyclic amines) is 1. The Labute approximate surface area is 123 Å². The summed E-state index contributed by atoms with van der Waals surface area (Å²) in [7, 11) is 0. The van der Waals surface area contributed by atoms with Gasteiger partial charge in [-0.15, -0.1) is 0 Å². The molecule has 1 aliphatic carbocycles. The van der Waals surface area contributed by atoms with Crippen LogP contribution in [-0.2, 0) is 4.79 Å². The van der Waals surface area contributed by atoms with Gasteiger partial charge in [0.05, 0.1) is 5.54 Å². The summed E-state index contributed by atoms with van der Waals surface area (Å²) in [6.45, 7) is 7.56. The summed E-state index contributed by atoms with van der Waals surface area (Å²) in [6, 6.07) is 0.535. The zero-order valence-electron chi connectivity index (χ0n) is 13.2. The second kappa shape index (κ2) is 6.90. The summed E-state index contributed by atoms with van der Waals surface area (Å²) in [6.07, 6.45) is 8.06. The molecule has 4 heteroatoms. The van der Waals surface area contributed by atoms with Gasteiger partial charge >= 0.3 is 0 Å². The standard InChI is InChI=1S/C16H31N3O/c1-3-13-7-10-19(11-8-13)14-6-5-9-16(12-14,15(17)20)18-4-2/h13-14,18H,3-12H2,1-2H3,(H2,17,20). The first-order chi connectivity index (χ1) is 9.61. The SMILES string of the molecule is CCNC1(C(N)=O)CCCC(N2CCC(CC)CC2)C1. The average Bonchev–Trinajstić information content (AvgIpc) is 2.48. The van der Waals surface area contributed by atoms with Crippen LogP contribution in [0.1, 0.15) is 58.8 Å². The van der Waals surface area contributed by atoms with Crippen LogP contribution in [0.2, 0.25) is 0 Å². The molecule has 0 spiro atoms. The largest absolute Gasteiger partial charge is 0.368 e. The molecule has 0 aromatic rings. The van der Waals surface area contributed by atoms with E-state index >= 15 is 0 Å². The van der Waals surface area contributed by atoms with Gasteiger partial charge in [0.25, 0.3) is 0 Å². The minimum atomic E-state index is -0.459. The Kier molecular flexibility index (Phi) is 5.44.